The molecule has 8 heteroatoms. The summed E-state index contributed by atoms with van der Waals surface area (Å²) >= 11 is 6.48. The van der Waals surface area contributed by atoms with Gasteiger partial charge in [0.1, 0.15) is 5.76 Å². The van der Waals surface area contributed by atoms with E-state index in [4.69, 9.17) is 4.42 Å². The Balaban J connectivity index is 1.53. The molecule has 0 saturated carbocycles. The number of amides is 1. The lowest BCUT2D eigenvalue weighted by Gasteiger charge is -2.13. The summed E-state index contributed by atoms with van der Waals surface area (Å²) in [6.45, 7) is 12.3. The van der Waals surface area contributed by atoms with Crippen LogP contribution in [0.15, 0.2) is 50.3 Å². The number of carbonyl (C=O) groups is 1. The van der Waals surface area contributed by atoms with Crippen molar-refractivity contribution in [2.24, 2.45) is 0 Å². The molecule has 0 aliphatic rings. The van der Waals surface area contributed by atoms with E-state index in [2.05, 4.69) is 58.6 Å². The number of rotatable bonds is 7. The molecule has 0 spiro atoms. The third-order valence-corrected chi connectivity index (χ3v) is 7.01. The SMILES string of the molecule is C=C(CSc1cnc(NC(=O)Cc2ccc(Br)cc2C)s1)c1ncc(C(C)(C)C)o1. The van der Waals surface area contributed by atoms with Crippen molar-refractivity contribution in [1.82, 2.24) is 9.97 Å². The molecule has 30 heavy (non-hydrogen) atoms. The largest absolute Gasteiger partial charge is 0.441 e. The topological polar surface area (TPSA) is 68.0 Å². The second-order valence-corrected chi connectivity index (χ2v) is 11.2. The Bertz CT molecular complexity index is 1070. The minimum Gasteiger partial charge on any atom is -0.441 e. The molecule has 1 N–H and O–H groups in total. The van der Waals surface area contributed by atoms with Crippen molar-refractivity contribution in [3.8, 4) is 0 Å². The van der Waals surface area contributed by atoms with Crippen LogP contribution in [0.2, 0.25) is 0 Å². The monoisotopic (exact) mass is 505 g/mol. The normalized spacial score (nSPS) is 11.5. The van der Waals surface area contributed by atoms with E-state index in [1.165, 1.54) is 11.3 Å². The Morgan fingerprint density at radius 2 is 2.07 bits per heavy atom. The number of halogens is 1. The predicted molar refractivity (Wildman–Crippen MR) is 128 cm³/mol. The third kappa shape index (κ3) is 6.06. The number of hydrogen-bond acceptors (Lipinski definition) is 6. The summed E-state index contributed by atoms with van der Waals surface area (Å²) in [6.07, 6.45) is 3.84. The Labute approximate surface area is 193 Å². The maximum absolute atomic E-state index is 12.4. The Hall–Kier alpha value is -1.90. The van der Waals surface area contributed by atoms with Gasteiger partial charge in [-0.05, 0) is 30.2 Å². The molecule has 2 heterocycles. The number of oxazole rings is 1. The molecule has 158 valence electrons. The first kappa shape index (κ1) is 22.8. The fourth-order valence-corrected chi connectivity index (χ4v) is 4.84. The summed E-state index contributed by atoms with van der Waals surface area (Å²) < 4.78 is 7.83. The average Bonchev–Trinajstić information content (AvgIpc) is 3.31. The molecule has 2 aromatic heterocycles. The lowest BCUT2D eigenvalue weighted by atomic mass is 9.94. The first-order valence-corrected chi connectivity index (χ1v) is 12.0. The standard InChI is InChI=1S/C22H24BrN3O2S2/c1-13-8-16(23)7-6-15(13)9-18(27)26-21-25-11-19(30-21)29-12-14(2)20-24-10-17(28-20)22(3,4)5/h6-8,10-11H,2,9,12H2,1,3-5H3,(H,25,26,27). The molecule has 0 unspecified atom stereocenters. The van der Waals surface area contributed by atoms with Crippen LogP contribution in [0.25, 0.3) is 5.57 Å². The van der Waals surface area contributed by atoms with Gasteiger partial charge in [-0.25, -0.2) is 9.97 Å². The number of benzene rings is 1. The number of anilines is 1. The second kappa shape index (κ2) is 9.49. The molecule has 0 radical (unpaired) electrons. The third-order valence-electron chi connectivity index (χ3n) is 4.32. The van der Waals surface area contributed by atoms with Gasteiger partial charge in [0.15, 0.2) is 5.13 Å². The van der Waals surface area contributed by atoms with Gasteiger partial charge in [0.2, 0.25) is 11.8 Å². The molecule has 0 aliphatic carbocycles. The van der Waals surface area contributed by atoms with Gasteiger partial charge in [0.25, 0.3) is 0 Å². The minimum atomic E-state index is -0.0851. The van der Waals surface area contributed by atoms with E-state index in [0.29, 0.717) is 23.2 Å². The first-order valence-electron chi connectivity index (χ1n) is 9.40. The van der Waals surface area contributed by atoms with Crippen LogP contribution < -0.4 is 5.32 Å². The molecule has 0 saturated heterocycles. The number of thioether (sulfide) groups is 1. The molecular weight excluding hydrogens is 482 g/mol. The molecular formula is C22H24BrN3O2S2. The highest BCUT2D eigenvalue weighted by Crippen LogP contribution is 2.32. The Morgan fingerprint density at radius 3 is 2.73 bits per heavy atom. The number of thiazole rings is 1. The fourth-order valence-electron chi connectivity index (χ4n) is 2.58. The van der Waals surface area contributed by atoms with Crippen molar-refractivity contribution in [2.75, 3.05) is 11.1 Å². The van der Waals surface area contributed by atoms with Crippen LogP contribution in [0, 0.1) is 6.92 Å². The number of aromatic nitrogens is 2. The smallest absolute Gasteiger partial charge is 0.230 e. The lowest BCUT2D eigenvalue weighted by molar-refractivity contribution is -0.115. The van der Waals surface area contributed by atoms with Crippen molar-refractivity contribution >= 4 is 55.6 Å². The van der Waals surface area contributed by atoms with Gasteiger partial charge < -0.3 is 9.73 Å². The number of nitrogens with one attached hydrogen (secondary N) is 1. The molecule has 0 aliphatic heterocycles. The van der Waals surface area contributed by atoms with E-state index in [0.717, 1.165) is 31.1 Å². The summed E-state index contributed by atoms with van der Waals surface area (Å²) in [5.41, 5.74) is 2.81. The van der Waals surface area contributed by atoms with Crippen molar-refractivity contribution < 1.29 is 9.21 Å². The molecule has 0 bridgehead atoms. The summed E-state index contributed by atoms with van der Waals surface area (Å²) in [5, 5.41) is 3.47. The summed E-state index contributed by atoms with van der Waals surface area (Å²) in [4.78, 5) is 21.0. The van der Waals surface area contributed by atoms with Gasteiger partial charge >= 0.3 is 0 Å². The van der Waals surface area contributed by atoms with Crippen LogP contribution in [0.1, 0.15) is 43.5 Å². The molecule has 0 fully saturated rings. The maximum atomic E-state index is 12.4. The van der Waals surface area contributed by atoms with Gasteiger partial charge in [-0.2, -0.15) is 0 Å². The van der Waals surface area contributed by atoms with Gasteiger partial charge in [-0.3, -0.25) is 4.79 Å². The Kier molecular flexibility index (Phi) is 7.21. The van der Waals surface area contributed by atoms with Crippen molar-refractivity contribution in [3.63, 3.8) is 0 Å². The highest BCUT2D eigenvalue weighted by atomic mass is 79.9. The number of hydrogen-bond donors (Lipinski definition) is 1. The second-order valence-electron chi connectivity index (χ2n) is 7.95. The number of carbonyl (C=O) groups excluding carboxylic acids is 1. The molecule has 1 amide bonds. The van der Waals surface area contributed by atoms with E-state index >= 15 is 0 Å². The molecule has 0 atom stereocenters. The Morgan fingerprint density at radius 1 is 1.30 bits per heavy atom. The quantitative estimate of drug-likeness (QED) is 0.371. The van der Waals surface area contributed by atoms with E-state index in [1.54, 1.807) is 24.2 Å². The molecule has 3 aromatic rings. The zero-order valence-electron chi connectivity index (χ0n) is 17.4. The van der Waals surface area contributed by atoms with Gasteiger partial charge in [0.05, 0.1) is 23.0 Å². The zero-order chi connectivity index (χ0) is 21.9. The van der Waals surface area contributed by atoms with Gasteiger partial charge in [-0.1, -0.05) is 60.7 Å². The van der Waals surface area contributed by atoms with E-state index in [-0.39, 0.29) is 11.3 Å². The van der Waals surface area contributed by atoms with E-state index in [9.17, 15) is 4.79 Å². The van der Waals surface area contributed by atoms with Crippen LogP contribution in [-0.4, -0.2) is 21.6 Å². The summed E-state index contributed by atoms with van der Waals surface area (Å²) in [5.74, 6) is 1.96. The van der Waals surface area contributed by atoms with Crippen LogP contribution in [0.5, 0.6) is 0 Å². The van der Waals surface area contributed by atoms with Gasteiger partial charge in [0, 0.05) is 21.2 Å². The zero-order valence-corrected chi connectivity index (χ0v) is 20.6. The van der Waals surface area contributed by atoms with E-state index < -0.39 is 0 Å². The van der Waals surface area contributed by atoms with Crippen LogP contribution in [-0.2, 0) is 16.6 Å². The number of aryl methyl sites for hydroxylation is 1. The lowest BCUT2D eigenvalue weighted by Crippen LogP contribution is -2.14. The number of nitrogens with zero attached hydrogens (tertiary/aromatic N) is 2. The predicted octanol–water partition coefficient (Wildman–Crippen LogP) is 6.49. The molecule has 3 rings (SSSR count). The highest BCUT2D eigenvalue weighted by molar-refractivity contribution is 9.10. The van der Waals surface area contributed by atoms with Crippen molar-refractivity contribution in [3.05, 3.63) is 64.4 Å². The van der Waals surface area contributed by atoms with E-state index in [1.807, 2.05) is 25.1 Å². The summed E-state index contributed by atoms with van der Waals surface area (Å²) in [7, 11) is 0. The highest BCUT2D eigenvalue weighted by Gasteiger charge is 2.20. The summed E-state index contributed by atoms with van der Waals surface area (Å²) in [6, 6.07) is 5.91. The van der Waals surface area contributed by atoms with Crippen molar-refractivity contribution in [2.45, 2.75) is 43.7 Å². The maximum Gasteiger partial charge on any atom is 0.230 e. The van der Waals surface area contributed by atoms with Crippen molar-refractivity contribution in [1.29, 1.82) is 0 Å². The molecule has 5 nitrogen and oxygen atoms in total. The van der Waals surface area contributed by atoms with Crippen LogP contribution in [0.3, 0.4) is 0 Å². The average molecular weight is 506 g/mol. The minimum absolute atomic E-state index is 0.0785. The van der Waals surface area contributed by atoms with Crippen LogP contribution in [0.4, 0.5) is 5.13 Å². The fraction of sp³-hybridized carbons (Fsp3) is 0.318. The first-order chi connectivity index (χ1) is 14.1. The van der Waals surface area contributed by atoms with Crippen LogP contribution >= 0.6 is 39.0 Å². The molecule has 1 aromatic carbocycles. The van der Waals surface area contributed by atoms with Gasteiger partial charge in [-0.15, -0.1) is 11.8 Å².